The molecule has 72 valence electrons. The van der Waals surface area contributed by atoms with E-state index in [4.69, 9.17) is 11.6 Å². The average Bonchev–Trinajstić information content (AvgIpc) is 2.41. The van der Waals surface area contributed by atoms with Crippen LogP contribution in [-0.4, -0.2) is 34.5 Å². The summed E-state index contributed by atoms with van der Waals surface area (Å²) in [5.74, 6) is 0. The highest BCUT2D eigenvalue weighted by Crippen LogP contribution is 1.93. The van der Waals surface area contributed by atoms with Crippen LogP contribution in [0.1, 0.15) is 6.92 Å². The number of hydrogen-bond donors (Lipinski definition) is 1. The van der Waals surface area contributed by atoms with Gasteiger partial charge in [0.1, 0.15) is 0 Å². The van der Waals surface area contributed by atoms with Crippen molar-refractivity contribution in [3.05, 3.63) is 18.7 Å². The number of nitrogens with zero attached hydrogens (tertiary/aromatic N) is 2. The second-order valence-corrected chi connectivity index (χ2v) is 2.93. The van der Waals surface area contributed by atoms with Crippen LogP contribution in [0.2, 0.25) is 0 Å². The molecule has 12 heavy (non-hydrogen) atoms. The molecule has 1 N–H and O–H groups in total. The third-order valence-corrected chi connectivity index (χ3v) is 1.51. The number of halogens is 2. The molecule has 3 nitrogen and oxygen atoms in total. The third-order valence-electron chi connectivity index (χ3n) is 1.12. The van der Waals surface area contributed by atoms with Gasteiger partial charge in [-0.15, -0.1) is 24.0 Å². The number of nitrogens with one attached hydrogen (secondary N) is 1. The van der Waals surface area contributed by atoms with Crippen molar-refractivity contribution in [1.82, 2.24) is 14.9 Å². The maximum absolute atomic E-state index is 5.54. The van der Waals surface area contributed by atoms with E-state index in [0.717, 1.165) is 0 Å². The molecule has 0 bridgehead atoms. The van der Waals surface area contributed by atoms with Crippen molar-refractivity contribution >= 4 is 24.0 Å². The Hall–Kier alpha value is -0.250. The summed E-state index contributed by atoms with van der Waals surface area (Å²) in [7, 11) is 3.88. The smallest absolute Gasteiger partial charge is 0.0919 e. The van der Waals surface area contributed by atoms with Gasteiger partial charge in [-0.25, -0.2) is 4.98 Å². The van der Waals surface area contributed by atoms with Gasteiger partial charge in [0.25, 0.3) is 0 Å². The second-order valence-electron chi connectivity index (χ2n) is 2.30. The van der Waals surface area contributed by atoms with Gasteiger partial charge in [-0.05, 0) is 21.0 Å². The molecule has 0 radical (unpaired) electrons. The van der Waals surface area contributed by atoms with Gasteiger partial charge in [0.05, 0.1) is 11.8 Å². The molecule has 1 aromatic rings. The molecule has 0 aliphatic rings. The first-order valence-electron chi connectivity index (χ1n) is 3.38. The minimum Gasteiger partial charge on any atom is -0.351 e. The number of aromatic amines is 1. The molecule has 1 rings (SSSR count). The molecule has 0 aromatic carbocycles. The van der Waals surface area contributed by atoms with E-state index < -0.39 is 0 Å². The molecule has 0 spiro atoms. The lowest BCUT2D eigenvalue weighted by molar-refractivity contribution is 0.396. The van der Waals surface area contributed by atoms with E-state index in [2.05, 4.69) is 9.97 Å². The Morgan fingerprint density at radius 2 is 2.00 bits per heavy atom. The Labute approximate surface area is 84.5 Å². The van der Waals surface area contributed by atoms with Gasteiger partial charge < -0.3 is 4.98 Å². The zero-order chi connectivity index (χ0) is 8.69. The summed E-state index contributed by atoms with van der Waals surface area (Å²) in [6.07, 6.45) is 5.08. The van der Waals surface area contributed by atoms with E-state index in [-0.39, 0.29) is 17.9 Å². The monoisotopic (exact) mass is 211 g/mol. The molecule has 5 heteroatoms. The lowest BCUT2D eigenvalue weighted by Crippen LogP contribution is -2.17. The minimum absolute atomic E-state index is 0. The van der Waals surface area contributed by atoms with Crippen LogP contribution in [0.4, 0.5) is 0 Å². The van der Waals surface area contributed by atoms with Crippen LogP contribution in [0.15, 0.2) is 18.7 Å². The van der Waals surface area contributed by atoms with E-state index in [9.17, 15) is 0 Å². The maximum atomic E-state index is 5.54. The van der Waals surface area contributed by atoms with E-state index in [1.807, 2.05) is 25.9 Å². The summed E-state index contributed by atoms with van der Waals surface area (Å²) in [6.45, 7) is 1.93. The molecule has 1 unspecified atom stereocenters. The van der Waals surface area contributed by atoms with Crippen molar-refractivity contribution in [2.75, 3.05) is 14.1 Å². The Morgan fingerprint density at radius 1 is 1.50 bits per heavy atom. The van der Waals surface area contributed by atoms with Gasteiger partial charge in [0.15, 0.2) is 0 Å². The zero-order valence-corrected chi connectivity index (χ0v) is 9.06. The zero-order valence-electron chi connectivity index (χ0n) is 7.49. The Morgan fingerprint density at radius 3 is 2.08 bits per heavy atom. The molecule has 0 saturated heterocycles. The highest BCUT2D eigenvalue weighted by atomic mass is 35.5. The van der Waals surface area contributed by atoms with Gasteiger partial charge in [0.2, 0.25) is 0 Å². The highest BCUT2D eigenvalue weighted by Gasteiger charge is 1.93. The molecular weight excluding hydrogens is 197 g/mol. The van der Waals surface area contributed by atoms with Crippen LogP contribution < -0.4 is 0 Å². The second kappa shape index (κ2) is 8.84. The normalized spacial score (nSPS) is 11.1. The molecule has 1 atom stereocenters. The van der Waals surface area contributed by atoms with Crippen LogP contribution in [0, 0.1) is 0 Å². The lowest BCUT2D eigenvalue weighted by atomic mass is 10.7. The van der Waals surface area contributed by atoms with Crippen LogP contribution in [-0.2, 0) is 0 Å². The quantitative estimate of drug-likeness (QED) is 0.570. The van der Waals surface area contributed by atoms with Gasteiger partial charge in [-0.1, -0.05) is 0 Å². The predicted octanol–water partition coefficient (Wildman–Crippen LogP) is 1.96. The number of aromatic nitrogens is 2. The summed E-state index contributed by atoms with van der Waals surface area (Å²) >= 11 is 5.54. The van der Waals surface area contributed by atoms with Crippen LogP contribution in [0.25, 0.3) is 0 Å². The Balaban J connectivity index is 0. The molecular formula is C7H15Cl2N3. The molecule has 0 saturated carbocycles. The van der Waals surface area contributed by atoms with Gasteiger partial charge >= 0.3 is 0 Å². The predicted molar refractivity (Wildman–Crippen MR) is 54.8 cm³/mol. The van der Waals surface area contributed by atoms with Gasteiger partial charge in [-0.3, -0.25) is 4.90 Å². The lowest BCUT2D eigenvalue weighted by Gasteiger charge is -2.09. The molecule has 0 fully saturated rings. The van der Waals surface area contributed by atoms with E-state index >= 15 is 0 Å². The summed E-state index contributed by atoms with van der Waals surface area (Å²) in [5, 5.41) is 0. The highest BCUT2D eigenvalue weighted by molar-refractivity contribution is 6.20. The summed E-state index contributed by atoms with van der Waals surface area (Å²) < 4.78 is 0. The van der Waals surface area contributed by atoms with Crippen molar-refractivity contribution < 1.29 is 0 Å². The fourth-order valence-electron chi connectivity index (χ4n) is 0.215. The number of alkyl halides is 1. The van der Waals surface area contributed by atoms with E-state index in [0.29, 0.717) is 0 Å². The number of H-pyrrole nitrogens is 1. The molecule has 1 aromatic heterocycles. The number of hydrogen-bond acceptors (Lipinski definition) is 2. The number of imidazole rings is 1. The third kappa shape index (κ3) is 9.75. The molecule has 0 aliphatic carbocycles. The van der Waals surface area contributed by atoms with Crippen LogP contribution in [0.3, 0.4) is 0 Å². The van der Waals surface area contributed by atoms with Crippen molar-refractivity contribution in [1.29, 1.82) is 0 Å². The summed E-state index contributed by atoms with van der Waals surface area (Å²) in [6, 6.07) is 0. The van der Waals surface area contributed by atoms with Crippen LogP contribution >= 0.6 is 24.0 Å². The van der Waals surface area contributed by atoms with Crippen molar-refractivity contribution in [3.8, 4) is 0 Å². The molecule has 1 heterocycles. The minimum atomic E-state index is 0. The SMILES string of the molecule is CC(Cl)N(C)C.Cl.c1c[nH]cn1. The van der Waals surface area contributed by atoms with Gasteiger partial charge in [-0.2, -0.15) is 0 Å². The molecule has 0 amide bonds. The van der Waals surface area contributed by atoms with Crippen LogP contribution in [0.5, 0.6) is 0 Å². The Bertz CT molecular complexity index is 128. The standard InChI is InChI=1S/C4H10ClN.C3H4N2.ClH/c1-4(5)6(2)3;1-2-5-3-4-1;/h4H,1-3H3;1-3H,(H,4,5);1H. The molecule has 0 aliphatic heterocycles. The van der Waals surface area contributed by atoms with Crippen molar-refractivity contribution in [2.24, 2.45) is 0 Å². The topological polar surface area (TPSA) is 31.9 Å². The average molecular weight is 212 g/mol. The van der Waals surface area contributed by atoms with Gasteiger partial charge in [0, 0.05) is 12.4 Å². The Kier molecular flexibility index (Phi) is 10.5. The van der Waals surface area contributed by atoms with Crippen molar-refractivity contribution in [2.45, 2.75) is 12.4 Å². The summed E-state index contributed by atoms with van der Waals surface area (Å²) in [4.78, 5) is 8.35. The largest absolute Gasteiger partial charge is 0.351 e. The first-order valence-corrected chi connectivity index (χ1v) is 3.81. The summed E-state index contributed by atoms with van der Waals surface area (Å²) in [5.41, 5.74) is 0.157. The fourth-order valence-corrected chi connectivity index (χ4v) is 0.215. The van der Waals surface area contributed by atoms with E-state index in [1.54, 1.807) is 18.7 Å². The fraction of sp³-hybridized carbons (Fsp3) is 0.571. The van der Waals surface area contributed by atoms with E-state index in [1.165, 1.54) is 0 Å². The number of rotatable bonds is 1. The first kappa shape index (κ1) is 14.3. The maximum Gasteiger partial charge on any atom is 0.0919 e. The van der Waals surface area contributed by atoms with Crippen molar-refractivity contribution in [3.63, 3.8) is 0 Å². The first-order chi connectivity index (χ1) is 5.14.